The van der Waals surface area contributed by atoms with Crippen LogP contribution in [0.25, 0.3) is 0 Å². The van der Waals surface area contributed by atoms with Crippen LogP contribution in [0.2, 0.25) is 0 Å². The van der Waals surface area contributed by atoms with Crippen molar-refractivity contribution in [2.75, 3.05) is 32.9 Å². The fraction of sp³-hybridized carbons (Fsp3) is 0.440. The van der Waals surface area contributed by atoms with E-state index in [9.17, 15) is 4.79 Å². The number of hydrogen-bond acceptors (Lipinski definition) is 5. The van der Waals surface area contributed by atoms with Gasteiger partial charge in [0.2, 0.25) is 5.90 Å². The Morgan fingerprint density at radius 1 is 0.871 bits per heavy atom. The second-order valence-corrected chi connectivity index (χ2v) is 7.02. The summed E-state index contributed by atoms with van der Waals surface area (Å²) in [6.07, 6.45) is 2.79. The van der Waals surface area contributed by atoms with E-state index in [1.807, 2.05) is 69.3 Å². The largest absolute Gasteiger partial charge is 0.494 e. The van der Waals surface area contributed by atoms with Crippen LogP contribution in [0.3, 0.4) is 0 Å². The Balaban J connectivity index is 1.67. The van der Waals surface area contributed by atoms with Crippen molar-refractivity contribution in [3.63, 3.8) is 0 Å². The molecule has 6 nitrogen and oxygen atoms in total. The van der Waals surface area contributed by atoms with Crippen LogP contribution in [-0.2, 0) is 4.74 Å². The molecule has 1 amide bonds. The second-order valence-electron chi connectivity index (χ2n) is 7.02. The van der Waals surface area contributed by atoms with Gasteiger partial charge in [0.25, 0.3) is 5.91 Å². The molecule has 0 aromatic heterocycles. The summed E-state index contributed by atoms with van der Waals surface area (Å²) in [5.41, 5.74) is 1.36. The summed E-state index contributed by atoms with van der Waals surface area (Å²) in [7, 11) is 0. The maximum absolute atomic E-state index is 12.3. The number of hydrogen-bond donors (Lipinski definition) is 1. The Hall–Kier alpha value is -3.02. The van der Waals surface area contributed by atoms with E-state index in [1.54, 1.807) is 4.90 Å². The van der Waals surface area contributed by atoms with E-state index < -0.39 is 0 Å². The average Bonchev–Trinajstić information content (AvgIpc) is 2.80. The highest BCUT2D eigenvalue weighted by Gasteiger charge is 2.12. The first-order valence-corrected chi connectivity index (χ1v) is 11.1. The number of para-hydroxylation sites is 1. The van der Waals surface area contributed by atoms with Crippen LogP contribution in [0, 0.1) is 5.41 Å². The summed E-state index contributed by atoms with van der Waals surface area (Å²) < 4.78 is 16.9. The fourth-order valence-electron chi connectivity index (χ4n) is 3.14. The summed E-state index contributed by atoms with van der Waals surface area (Å²) in [6, 6.07) is 14.8. The Kier molecular flexibility index (Phi) is 10.4. The number of nitrogens with zero attached hydrogens (tertiary/aromatic N) is 1. The lowest BCUT2D eigenvalue weighted by Gasteiger charge is -2.18. The maximum atomic E-state index is 12.3. The Bertz CT molecular complexity index is 817. The summed E-state index contributed by atoms with van der Waals surface area (Å²) in [5, 5.41) is 7.96. The molecule has 0 unspecified atom stereocenters. The van der Waals surface area contributed by atoms with E-state index in [1.165, 1.54) is 0 Å². The number of benzene rings is 2. The number of ether oxygens (including phenoxy) is 3. The molecule has 168 valence electrons. The van der Waals surface area contributed by atoms with Gasteiger partial charge in [-0.15, -0.1) is 0 Å². The third-order valence-corrected chi connectivity index (χ3v) is 4.89. The van der Waals surface area contributed by atoms with Crippen LogP contribution >= 0.6 is 0 Å². The Morgan fingerprint density at radius 2 is 1.52 bits per heavy atom. The molecule has 0 heterocycles. The maximum Gasteiger partial charge on any atom is 0.253 e. The molecule has 0 aliphatic rings. The molecule has 0 radical (unpaired) electrons. The number of nitrogens with one attached hydrogen (secondary N) is 1. The van der Waals surface area contributed by atoms with Crippen LogP contribution in [-0.4, -0.2) is 49.6 Å². The van der Waals surface area contributed by atoms with E-state index in [4.69, 9.17) is 19.6 Å². The van der Waals surface area contributed by atoms with Crippen LogP contribution in [0.5, 0.6) is 11.5 Å². The van der Waals surface area contributed by atoms with Gasteiger partial charge in [-0.1, -0.05) is 12.1 Å². The highest BCUT2D eigenvalue weighted by molar-refractivity contribution is 5.94. The van der Waals surface area contributed by atoms with Gasteiger partial charge in [0.1, 0.15) is 11.5 Å². The number of rotatable bonds is 13. The molecular formula is C25H34N2O4. The minimum Gasteiger partial charge on any atom is -0.494 e. The molecule has 0 aliphatic heterocycles. The monoisotopic (exact) mass is 426 g/mol. The highest BCUT2D eigenvalue weighted by Crippen LogP contribution is 2.19. The second kappa shape index (κ2) is 13.3. The summed E-state index contributed by atoms with van der Waals surface area (Å²) in [4.78, 5) is 14.1. The zero-order chi connectivity index (χ0) is 22.5. The van der Waals surface area contributed by atoms with Gasteiger partial charge in [-0.25, -0.2) is 0 Å². The predicted octanol–water partition coefficient (Wildman–Crippen LogP) is 5.16. The number of carbonyl (C=O) groups is 1. The number of amides is 1. The molecule has 0 saturated heterocycles. The lowest BCUT2D eigenvalue weighted by molar-refractivity contribution is 0.0773. The zero-order valence-electron chi connectivity index (χ0n) is 18.9. The third-order valence-electron chi connectivity index (χ3n) is 4.89. The molecule has 2 aromatic rings. The molecule has 0 saturated carbocycles. The molecule has 0 aliphatic carbocycles. The standard InChI is InChI=1S/C25H34N2O4/c1-4-27(5-2)25(28)20-14-16-21(17-15-20)30-18-10-7-11-19-31-23-13-9-8-12-22(23)24(26)29-6-3/h8-9,12-17,26H,4-7,10-11,18-19H2,1-3H3. The summed E-state index contributed by atoms with van der Waals surface area (Å²) in [6.45, 7) is 8.90. The van der Waals surface area contributed by atoms with Crippen molar-refractivity contribution in [3.8, 4) is 11.5 Å². The molecule has 2 aromatic carbocycles. The van der Waals surface area contributed by atoms with Crippen molar-refractivity contribution in [3.05, 3.63) is 59.7 Å². The van der Waals surface area contributed by atoms with Crippen LogP contribution in [0.15, 0.2) is 48.5 Å². The first-order valence-electron chi connectivity index (χ1n) is 11.1. The Morgan fingerprint density at radius 3 is 2.16 bits per heavy atom. The normalized spacial score (nSPS) is 10.4. The van der Waals surface area contributed by atoms with Crippen molar-refractivity contribution in [2.24, 2.45) is 0 Å². The molecule has 0 fully saturated rings. The predicted molar refractivity (Wildman–Crippen MR) is 123 cm³/mol. The lowest BCUT2D eigenvalue weighted by atomic mass is 10.2. The van der Waals surface area contributed by atoms with Gasteiger partial charge in [0.15, 0.2) is 0 Å². The quantitative estimate of drug-likeness (QED) is 0.273. The van der Waals surface area contributed by atoms with Crippen molar-refractivity contribution >= 4 is 11.8 Å². The topological polar surface area (TPSA) is 71.9 Å². The average molecular weight is 427 g/mol. The van der Waals surface area contributed by atoms with Gasteiger partial charge in [-0.05, 0) is 76.4 Å². The summed E-state index contributed by atoms with van der Waals surface area (Å²) in [5.74, 6) is 1.64. The highest BCUT2D eigenvalue weighted by atomic mass is 16.5. The van der Waals surface area contributed by atoms with Crippen molar-refractivity contribution < 1.29 is 19.0 Å². The molecular weight excluding hydrogens is 392 g/mol. The van der Waals surface area contributed by atoms with E-state index in [2.05, 4.69) is 0 Å². The first-order chi connectivity index (χ1) is 15.1. The van der Waals surface area contributed by atoms with E-state index in [0.717, 1.165) is 25.0 Å². The molecule has 2 rings (SSSR count). The van der Waals surface area contributed by atoms with Gasteiger partial charge >= 0.3 is 0 Å². The van der Waals surface area contributed by atoms with E-state index in [0.29, 0.717) is 49.8 Å². The molecule has 0 bridgehead atoms. The van der Waals surface area contributed by atoms with Gasteiger partial charge in [0, 0.05) is 18.7 Å². The summed E-state index contributed by atoms with van der Waals surface area (Å²) >= 11 is 0. The zero-order valence-corrected chi connectivity index (χ0v) is 18.9. The number of carbonyl (C=O) groups excluding carboxylic acids is 1. The molecule has 0 spiro atoms. The first kappa shape index (κ1) is 24.3. The molecule has 0 atom stereocenters. The smallest absolute Gasteiger partial charge is 0.253 e. The lowest BCUT2D eigenvalue weighted by Crippen LogP contribution is -2.30. The van der Waals surface area contributed by atoms with E-state index >= 15 is 0 Å². The van der Waals surface area contributed by atoms with Gasteiger partial charge in [0.05, 0.1) is 25.4 Å². The van der Waals surface area contributed by atoms with E-state index in [-0.39, 0.29) is 11.8 Å². The minimum atomic E-state index is 0.0505. The van der Waals surface area contributed by atoms with Crippen LogP contribution in [0.4, 0.5) is 0 Å². The molecule has 31 heavy (non-hydrogen) atoms. The van der Waals surface area contributed by atoms with Gasteiger partial charge in [-0.2, -0.15) is 0 Å². The SMILES string of the molecule is CCOC(=N)c1ccccc1OCCCCCOc1ccc(C(=O)N(CC)CC)cc1. The van der Waals surface area contributed by atoms with Crippen LogP contribution in [0.1, 0.15) is 56.0 Å². The fourth-order valence-corrected chi connectivity index (χ4v) is 3.14. The van der Waals surface area contributed by atoms with Crippen molar-refractivity contribution in [1.82, 2.24) is 4.90 Å². The molecule has 6 heteroatoms. The van der Waals surface area contributed by atoms with Crippen molar-refractivity contribution in [1.29, 1.82) is 5.41 Å². The van der Waals surface area contributed by atoms with Gasteiger partial charge in [-0.3, -0.25) is 10.2 Å². The molecule has 1 N–H and O–H groups in total. The minimum absolute atomic E-state index is 0.0505. The third kappa shape index (κ3) is 7.63. The van der Waals surface area contributed by atoms with Crippen LogP contribution < -0.4 is 9.47 Å². The van der Waals surface area contributed by atoms with Gasteiger partial charge < -0.3 is 19.1 Å². The van der Waals surface area contributed by atoms with Crippen molar-refractivity contribution in [2.45, 2.75) is 40.0 Å². The number of unbranched alkanes of at least 4 members (excludes halogenated alkanes) is 2. The Labute approximate surface area is 185 Å².